The molecule has 0 aliphatic carbocycles. The second-order valence-corrected chi connectivity index (χ2v) is 5.50. The molecular weight excluding hydrogens is 325 g/mol. The Bertz CT molecular complexity index is 559. The molecule has 1 aromatic rings. The lowest BCUT2D eigenvalue weighted by Crippen LogP contribution is -2.45. The third-order valence-electron chi connectivity index (χ3n) is 3.38. The van der Waals surface area contributed by atoms with Crippen molar-refractivity contribution in [2.45, 2.75) is 38.9 Å². The third-order valence-corrected chi connectivity index (χ3v) is 3.38. The summed E-state index contributed by atoms with van der Waals surface area (Å²) in [6.45, 7) is 3.37. The van der Waals surface area contributed by atoms with Crippen molar-refractivity contribution >= 4 is 17.6 Å². The van der Waals surface area contributed by atoms with Gasteiger partial charge in [-0.25, -0.2) is 0 Å². The first-order chi connectivity index (χ1) is 11.1. The van der Waals surface area contributed by atoms with Crippen LogP contribution in [0.1, 0.15) is 25.8 Å². The van der Waals surface area contributed by atoms with Crippen molar-refractivity contribution in [2.24, 2.45) is 5.92 Å². The minimum absolute atomic E-state index is 0.0328. The molecule has 0 fully saturated rings. The van der Waals surface area contributed by atoms with E-state index in [9.17, 15) is 22.8 Å². The molecule has 1 rings (SSSR count). The van der Waals surface area contributed by atoms with Gasteiger partial charge in [-0.15, -0.1) is 0 Å². The molecule has 0 radical (unpaired) electrons. The van der Waals surface area contributed by atoms with E-state index >= 15 is 0 Å². The summed E-state index contributed by atoms with van der Waals surface area (Å²) in [5.74, 6) is -3.18. The number of carbonyl (C=O) groups excluding carboxylic acids is 2. The van der Waals surface area contributed by atoms with E-state index in [1.165, 1.54) is 0 Å². The van der Waals surface area contributed by atoms with Crippen LogP contribution in [0.5, 0.6) is 0 Å². The summed E-state index contributed by atoms with van der Waals surface area (Å²) in [6, 6.07) is 5.70. The maximum Gasteiger partial charge on any atom is 0.471 e. The van der Waals surface area contributed by atoms with Crippen molar-refractivity contribution in [1.29, 1.82) is 0 Å². The quantitative estimate of drug-likeness (QED) is 0.587. The molecule has 24 heavy (non-hydrogen) atoms. The smallest absolute Gasteiger partial charge is 0.466 e. The first-order valence-electron chi connectivity index (χ1n) is 7.52. The molecule has 0 aliphatic rings. The predicted octanol–water partition coefficient (Wildman–Crippen LogP) is 2.45. The summed E-state index contributed by atoms with van der Waals surface area (Å²) in [6.07, 6.45) is -4.80. The van der Waals surface area contributed by atoms with Crippen LogP contribution in [0.15, 0.2) is 24.3 Å². The summed E-state index contributed by atoms with van der Waals surface area (Å²) in [5, 5.41) is 1.94. The molecule has 0 spiro atoms. The fourth-order valence-electron chi connectivity index (χ4n) is 2.21. The number of rotatable bonds is 7. The fraction of sp³-hybridized carbons (Fsp3) is 0.500. The largest absolute Gasteiger partial charge is 0.471 e. The van der Waals surface area contributed by atoms with E-state index in [4.69, 9.17) is 10.5 Å². The summed E-state index contributed by atoms with van der Waals surface area (Å²) in [7, 11) is 0. The Balaban J connectivity index is 2.83. The Morgan fingerprint density at radius 1 is 1.25 bits per heavy atom. The highest BCUT2D eigenvalue weighted by Crippen LogP contribution is 2.18. The summed E-state index contributed by atoms with van der Waals surface area (Å²) in [4.78, 5) is 22.9. The molecule has 0 aromatic heterocycles. The normalized spacial score (nSPS) is 13.9. The molecule has 0 bridgehead atoms. The van der Waals surface area contributed by atoms with E-state index in [1.54, 1.807) is 38.1 Å². The Morgan fingerprint density at radius 3 is 2.33 bits per heavy atom. The van der Waals surface area contributed by atoms with Crippen LogP contribution < -0.4 is 11.1 Å². The van der Waals surface area contributed by atoms with Gasteiger partial charge in [-0.1, -0.05) is 19.1 Å². The number of hydrogen-bond acceptors (Lipinski definition) is 4. The van der Waals surface area contributed by atoms with Gasteiger partial charge in [0, 0.05) is 11.7 Å². The second kappa shape index (κ2) is 8.56. The molecule has 0 saturated heterocycles. The molecule has 134 valence electrons. The number of nitrogens with two attached hydrogens (primary N) is 1. The Hall–Kier alpha value is -2.25. The number of alkyl halides is 3. The number of carbonyl (C=O) groups is 2. The van der Waals surface area contributed by atoms with Gasteiger partial charge in [-0.05, 0) is 37.5 Å². The van der Waals surface area contributed by atoms with Crippen LogP contribution in [0, 0.1) is 5.92 Å². The minimum Gasteiger partial charge on any atom is -0.466 e. The first kappa shape index (κ1) is 19.8. The molecule has 1 aromatic carbocycles. The zero-order chi connectivity index (χ0) is 18.3. The van der Waals surface area contributed by atoms with E-state index in [-0.39, 0.29) is 19.4 Å². The first-order valence-corrected chi connectivity index (χ1v) is 7.52. The van der Waals surface area contributed by atoms with E-state index in [0.717, 1.165) is 0 Å². The van der Waals surface area contributed by atoms with Crippen LogP contribution in [0.2, 0.25) is 0 Å². The van der Waals surface area contributed by atoms with E-state index < -0.39 is 30.0 Å². The van der Waals surface area contributed by atoms with Gasteiger partial charge in [-0.3, -0.25) is 9.59 Å². The Morgan fingerprint density at radius 2 is 1.83 bits per heavy atom. The SMILES string of the molecule is CCOC(=O)C(C)C[C@H](Cc1ccc(N)cc1)NC(=O)C(F)(F)F. The average Bonchev–Trinajstić information content (AvgIpc) is 2.48. The molecule has 1 amide bonds. The van der Waals surface area contributed by atoms with Crippen molar-refractivity contribution in [3.8, 4) is 0 Å². The van der Waals surface area contributed by atoms with Gasteiger partial charge < -0.3 is 15.8 Å². The van der Waals surface area contributed by atoms with Gasteiger partial charge in [0.05, 0.1) is 12.5 Å². The van der Waals surface area contributed by atoms with Gasteiger partial charge in [0.2, 0.25) is 0 Å². The Kier molecular flexibility index (Phi) is 7.06. The molecule has 5 nitrogen and oxygen atoms in total. The average molecular weight is 346 g/mol. The van der Waals surface area contributed by atoms with Crippen LogP contribution in [-0.4, -0.2) is 30.7 Å². The summed E-state index contributed by atoms with van der Waals surface area (Å²) < 4.78 is 42.3. The number of ether oxygens (including phenoxy) is 1. The van der Waals surface area contributed by atoms with Gasteiger partial charge in [0.1, 0.15) is 0 Å². The zero-order valence-corrected chi connectivity index (χ0v) is 13.5. The minimum atomic E-state index is -4.98. The highest BCUT2D eigenvalue weighted by molar-refractivity contribution is 5.82. The number of anilines is 1. The number of benzene rings is 1. The maximum absolute atomic E-state index is 12.5. The van der Waals surface area contributed by atoms with E-state index in [2.05, 4.69) is 0 Å². The molecular formula is C16H21F3N2O3. The lowest BCUT2D eigenvalue weighted by Gasteiger charge is -2.22. The number of hydrogen-bond donors (Lipinski definition) is 2. The van der Waals surface area contributed by atoms with Crippen LogP contribution in [0.3, 0.4) is 0 Å². The number of halogens is 3. The Labute approximate surface area is 138 Å². The van der Waals surface area contributed by atoms with Gasteiger partial charge in [0.15, 0.2) is 0 Å². The van der Waals surface area contributed by atoms with E-state index in [0.29, 0.717) is 11.3 Å². The van der Waals surface area contributed by atoms with Crippen LogP contribution >= 0.6 is 0 Å². The maximum atomic E-state index is 12.5. The van der Waals surface area contributed by atoms with Gasteiger partial charge >= 0.3 is 18.1 Å². The molecule has 0 aliphatic heterocycles. The predicted molar refractivity (Wildman–Crippen MR) is 83.0 cm³/mol. The fourth-order valence-corrected chi connectivity index (χ4v) is 2.21. The van der Waals surface area contributed by atoms with Gasteiger partial charge in [0.25, 0.3) is 0 Å². The van der Waals surface area contributed by atoms with Crippen molar-refractivity contribution in [3.63, 3.8) is 0 Å². The zero-order valence-electron chi connectivity index (χ0n) is 13.5. The number of amides is 1. The third kappa shape index (κ3) is 6.47. The number of nitrogen functional groups attached to an aromatic ring is 1. The van der Waals surface area contributed by atoms with Crippen molar-refractivity contribution in [2.75, 3.05) is 12.3 Å². The van der Waals surface area contributed by atoms with E-state index in [1.807, 2.05) is 5.32 Å². The highest BCUT2D eigenvalue weighted by Gasteiger charge is 2.40. The monoisotopic (exact) mass is 346 g/mol. The van der Waals surface area contributed by atoms with Crippen molar-refractivity contribution in [1.82, 2.24) is 5.32 Å². The molecule has 0 saturated carbocycles. The second-order valence-electron chi connectivity index (χ2n) is 5.50. The topological polar surface area (TPSA) is 81.4 Å². The molecule has 2 atom stereocenters. The number of nitrogens with one attached hydrogen (secondary N) is 1. The van der Waals surface area contributed by atoms with Gasteiger partial charge in [-0.2, -0.15) is 13.2 Å². The van der Waals surface area contributed by atoms with Crippen LogP contribution in [-0.2, 0) is 20.7 Å². The number of esters is 1. The van der Waals surface area contributed by atoms with Crippen LogP contribution in [0.25, 0.3) is 0 Å². The standard InChI is InChI=1S/C16H21F3N2O3/c1-3-24-14(22)10(2)8-13(21-15(23)16(17,18)19)9-11-4-6-12(20)7-5-11/h4-7,10,13H,3,8-9,20H2,1-2H3,(H,21,23)/t10?,13-/m1/s1. The summed E-state index contributed by atoms with van der Waals surface area (Å²) >= 11 is 0. The lowest BCUT2D eigenvalue weighted by molar-refractivity contribution is -0.174. The molecule has 0 heterocycles. The highest BCUT2D eigenvalue weighted by atomic mass is 19.4. The molecule has 3 N–H and O–H groups in total. The van der Waals surface area contributed by atoms with Crippen molar-refractivity contribution in [3.05, 3.63) is 29.8 Å². The van der Waals surface area contributed by atoms with Crippen LogP contribution in [0.4, 0.5) is 18.9 Å². The molecule has 8 heteroatoms. The molecule has 1 unspecified atom stereocenters. The lowest BCUT2D eigenvalue weighted by atomic mass is 9.96. The van der Waals surface area contributed by atoms with Crippen molar-refractivity contribution < 1.29 is 27.5 Å². The summed E-state index contributed by atoms with van der Waals surface area (Å²) in [5.41, 5.74) is 6.79.